The number of aryl methyl sites for hydroxylation is 1. The number of ether oxygens (including phenoxy) is 2. The number of nitrogens with zero attached hydrogens (tertiary/aromatic N) is 3. The van der Waals surface area contributed by atoms with E-state index in [2.05, 4.69) is 20.9 Å². The number of nitrogens with one attached hydrogen (secondary N) is 3. The van der Waals surface area contributed by atoms with Crippen LogP contribution in [0.4, 0.5) is 0 Å². The van der Waals surface area contributed by atoms with Gasteiger partial charge in [0, 0.05) is 49.8 Å². The highest BCUT2D eigenvalue weighted by Gasteiger charge is 2.33. The second-order valence-corrected chi connectivity index (χ2v) is 13.6. The predicted molar refractivity (Wildman–Crippen MR) is 192 cm³/mol. The van der Waals surface area contributed by atoms with E-state index < -0.39 is 35.9 Å². The molecular weight excluding hydrogens is 668 g/mol. The maximum absolute atomic E-state index is 14.0. The first-order valence-corrected chi connectivity index (χ1v) is 17.7. The summed E-state index contributed by atoms with van der Waals surface area (Å²) in [5, 5.41) is 8.74. The van der Waals surface area contributed by atoms with E-state index >= 15 is 0 Å². The first kappa shape index (κ1) is 37.8. The lowest BCUT2D eigenvalue weighted by molar-refractivity contribution is -0.137. The van der Waals surface area contributed by atoms with Crippen LogP contribution in [-0.2, 0) is 25.6 Å². The van der Waals surface area contributed by atoms with Gasteiger partial charge in [0.15, 0.2) is 17.6 Å². The van der Waals surface area contributed by atoms with Gasteiger partial charge in [0.25, 0.3) is 11.8 Å². The standard InChI is InChI=1S/C38H48N6O8/c1-23(2)29-21-44(34(47)20-28-25(4)51-38(42-28)26-11-7-6-8-12-26)22-32(45)40-24(3)35(37(49)39-16-10-18-43-17-9-13-33(43)46)52-31-19-27(36(48)41-29)14-15-30(31)50-5/h6-8,11-12,14-15,19,23-24,29,35H,9-10,13,16-18,20-22H2,1-5H3,(H,39,49)(H,40,45)(H,41,48)/t24-,29+,35-/m0/s1. The van der Waals surface area contributed by atoms with Gasteiger partial charge in [0.1, 0.15) is 5.76 Å². The number of amides is 5. The molecule has 278 valence electrons. The van der Waals surface area contributed by atoms with Crippen LogP contribution in [0, 0.1) is 12.8 Å². The quantitative estimate of drug-likeness (QED) is 0.267. The van der Waals surface area contributed by atoms with Gasteiger partial charge in [0.2, 0.25) is 23.6 Å². The molecule has 2 aromatic carbocycles. The molecule has 2 aliphatic heterocycles. The first-order valence-electron chi connectivity index (χ1n) is 17.7. The summed E-state index contributed by atoms with van der Waals surface area (Å²) >= 11 is 0. The molecular formula is C38H48N6O8. The van der Waals surface area contributed by atoms with Crippen LogP contribution in [0.15, 0.2) is 52.9 Å². The zero-order valence-electron chi connectivity index (χ0n) is 30.4. The van der Waals surface area contributed by atoms with Gasteiger partial charge in [-0.05, 0) is 62.9 Å². The van der Waals surface area contributed by atoms with Gasteiger partial charge in [-0.1, -0.05) is 32.0 Å². The highest BCUT2D eigenvalue weighted by molar-refractivity contribution is 5.95. The third-order valence-electron chi connectivity index (χ3n) is 9.31. The summed E-state index contributed by atoms with van der Waals surface area (Å²) in [5.74, 6) is -0.550. The van der Waals surface area contributed by atoms with Crippen molar-refractivity contribution in [1.29, 1.82) is 0 Å². The van der Waals surface area contributed by atoms with Crippen molar-refractivity contribution in [3.8, 4) is 23.0 Å². The summed E-state index contributed by atoms with van der Waals surface area (Å²) in [6, 6.07) is 12.6. The average molecular weight is 717 g/mol. The third kappa shape index (κ3) is 9.47. The minimum atomic E-state index is -1.24. The molecule has 2 aliphatic rings. The van der Waals surface area contributed by atoms with Crippen LogP contribution in [0.3, 0.4) is 0 Å². The molecule has 1 fully saturated rings. The number of benzene rings is 2. The molecule has 52 heavy (non-hydrogen) atoms. The molecule has 2 bridgehead atoms. The van der Waals surface area contributed by atoms with Crippen molar-refractivity contribution < 1.29 is 37.9 Å². The Morgan fingerprint density at radius 2 is 1.85 bits per heavy atom. The smallest absolute Gasteiger partial charge is 0.263 e. The number of likely N-dealkylation sites (tertiary alicyclic amines) is 1. The van der Waals surface area contributed by atoms with Gasteiger partial charge >= 0.3 is 0 Å². The predicted octanol–water partition coefficient (Wildman–Crippen LogP) is 2.88. The van der Waals surface area contributed by atoms with Gasteiger partial charge < -0.3 is 39.6 Å². The van der Waals surface area contributed by atoms with E-state index in [9.17, 15) is 24.0 Å². The number of rotatable bonds is 10. The molecule has 3 atom stereocenters. The molecule has 5 amide bonds. The number of carbonyl (C=O) groups excluding carboxylic acids is 5. The van der Waals surface area contributed by atoms with Crippen molar-refractivity contribution in [2.24, 2.45) is 5.92 Å². The average Bonchev–Trinajstić information content (AvgIpc) is 3.71. The topological polar surface area (TPSA) is 172 Å². The molecule has 3 N–H and O–H groups in total. The Bertz CT molecular complexity index is 1760. The lowest BCUT2D eigenvalue weighted by Crippen LogP contribution is -2.55. The number of methoxy groups -OCH3 is 1. The monoisotopic (exact) mass is 716 g/mol. The summed E-state index contributed by atoms with van der Waals surface area (Å²) in [5.41, 5.74) is 1.46. The Kier molecular flexibility index (Phi) is 12.5. The Labute approximate surface area is 303 Å². The first-order chi connectivity index (χ1) is 24.9. The molecule has 5 rings (SSSR count). The minimum absolute atomic E-state index is 0.0371. The van der Waals surface area contributed by atoms with Crippen LogP contribution < -0.4 is 25.4 Å². The molecule has 0 radical (unpaired) electrons. The van der Waals surface area contributed by atoms with Crippen molar-refractivity contribution in [2.75, 3.05) is 39.8 Å². The van der Waals surface area contributed by atoms with Gasteiger partial charge in [-0.15, -0.1) is 0 Å². The molecule has 14 nitrogen and oxygen atoms in total. The Balaban J connectivity index is 1.39. The number of hydrogen-bond acceptors (Lipinski definition) is 9. The van der Waals surface area contributed by atoms with Crippen molar-refractivity contribution in [3.05, 3.63) is 65.5 Å². The maximum Gasteiger partial charge on any atom is 0.263 e. The zero-order chi connectivity index (χ0) is 37.4. The van der Waals surface area contributed by atoms with E-state index in [1.54, 1.807) is 30.9 Å². The van der Waals surface area contributed by atoms with E-state index in [0.29, 0.717) is 49.0 Å². The zero-order valence-corrected chi connectivity index (χ0v) is 30.4. The lowest BCUT2D eigenvalue weighted by atomic mass is 10.0. The van der Waals surface area contributed by atoms with Gasteiger partial charge in [-0.3, -0.25) is 24.0 Å². The van der Waals surface area contributed by atoms with E-state index in [-0.39, 0.29) is 55.1 Å². The van der Waals surface area contributed by atoms with Crippen LogP contribution in [-0.4, -0.2) is 102 Å². The second-order valence-electron chi connectivity index (χ2n) is 13.6. The second kappa shape index (κ2) is 17.2. The largest absolute Gasteiger partial charge is 0.493 e. The van der Waals surface area contributed by atoms with Crippen LogP contribution in [0.25, 0.3) is 11.5 Å². The summed E-state index contributed by atoms with van der Waals surface area (Å²) in [6.07, 6.45) is 0.523. The molecule has 3 heterocycles. The number of fused-ring (bicyclic) bond motifs is 2. The summed E-state index contributed by atoms with van der Waals surface area (Å²) in [7, 11) is 1.45. The summed E-state index contributed by atoms with van der Waals surface area (Å²) in [6.45, 7) is 8.38. The third-order valence-corrected chi connectivity index (χ3v) is 9.31. The highest BCUT2D eigenvalue weighted by Crippen LogP contribution is 2.30. The van der Waals surface area contributed by atoms with Crippen LogP contribution >= 0.6 is 0 Å². The van der Waals surface area contributed by atoms with Crippen LogP contribution in [0.5, 0.6) is 11.5 Å². The Hall–Kier alpha value is -5.40. The molecule has 14 heteroatoms. The molecule has 0 spiro atoms. The maximum atomic E-state index is 14.0. The SMILES string of the molecule is COc1ccc2cc1O[C@H](C(=O)NCCCN1CCCC1=O)[C@H](C)NC(=O)CN(C(=O)Cc1nc(-c3ccccc3)oc1C)C[C@H](C(C)C)NC2=O. The number of oxazole rings is 1. The molecule has 0 saturated carbocycles. The molecule has 1 saturated heterocycles. The summed E-state index contributed by atoms with van der Waals surface area (Å²) < 4.78 is 17.6. The summed E-state index contributed by atoms with van der Waals surface area (Å²) in [4.78, 5) is 74.6. The fourth-order valence-electron chi connectivity index (χ4n) is 6.22. The van der Waals surface area contributed by atoms with Crippen molar-refractivity contribution in [2.45, 2.75) is 71.6 Å². The molecule has 0 aliphatic carbocycles. The number of hydrogen-bond donors (Lipinski definition) is 3. The van der Waals surface area contributed by atoms with Gasteiger partial charge in [-0.2, -0.15) is 0 Å². The lowest BCUT2D eigenvalue weighted by Gasteiger charge is -2.32. The van der Waals surface area contributed by atoms with Crippen LogP contribution in [0.1, 0.15) is 61.8 Å². The fourth-order valence-corrected chi connectivity index (χ4v) is 6.22. The molecule has 1 aromatic heterocycles. The highest BCUT2D eigenvalue weighted by atomic mass is 16.5. The normalized spacial score (nSPS) is 19.8. The van der Waals surface area contributed by atoms with E-state index in [0.717, 1.165) is 12.0 Å². The number of carbonyl (C=O) groups is 5. The van der Waals surface area contributed by atoms with Crippen molar-refractivity contribution >= 4 is 29.5 Å². The van der Waals surface area contributed by atoms with Gasteiger partial charge in [0.05, 0.1) is 31.8 Å². The van der Waals surface area contributed by atoms with Crippen LogP contribution in [0.2, 0.25) is 0 Å². The molecule has 3 aromatic rings. The number of aromatic nitrogens is 1. The fraction of sp³-hybridized carbons (Fsp3) is 0.474. The van der Waals surface area contributed by atoms with Crippen molar-refractivity contribution in [1.82, 2.24) is 30.7 Å². The van der Waals surface area contributed by atoms with E-state index in [1.165, 1.54) is 18.1 Å². The van der Waals surface area contributed by atoms with Gasteiger partial charge in [-0.25, -0.2) is 4.98 Å². The minimum Gasteiger partial charge on any atom is -0.493 e. The molecule has 0 unspecified atom stereocenters. The Morgan fingerprint density at radius 3 is 2.54 bits per heavy atom. The van der Waals surface area contributed by atoms with E-state index in [1.807, 2.05) is 44.2 Å². The Morgan fingerprint density at radius 1 is 1.08 bits per heavy atom. The van der Waals surface area contributed by atoms with Crippen molar-refractivity contribution in [3.63, 3.8) is 0 Å². The van der Waals surface area contributed by atoms with E-state index in [4.69, 9.17) is 13.9 Å².